The van der Waals surface area contributed by atoms with Crippen molar-refractivity contribution in [2.45, 2.75) is 12.5 Å². The summed E-state index contributed by atoms with van der Waals surface area (Å²) in [5.41, 5.74) is 0.938. The van der Waals surface area contributed by atoms with E-state index in [1.165, 1.54) is 6.07 Å². The maximum atomic E-state index is 13.7. The van der Waals surface area contributed by atoms with Crippen LogP contribution >= 0.6 is 0 Å². The number of carbonyl (C=O) groups is 1. The van der Waals surface area contributed by atoms with Crippen LogP contribution in [0.3, 0.4) is 0 Å². The summed E-state index contributed by atoms with van der Waals surface area (Å²) in [6, 6.07) is 15.6. The highest BCUT2D eigenvalue weighted by atomic mass is 19.1. The molecule has 1 saturated heterocycles. The molecule has 0 saturated carbocycles. The van der Waals surface area contributed by atoms with Gasteiger partial charge in [0.25, 0.3) is 0 Å². The Morgan fingerprint density at radius 2 is 1.96 bits per heavy atom. The van der Waals surface area contributed by atoms with Crippen molar-refractivity contribution in [3.05, 3.63) is 66.0 Å². The normalized spacial score (nSPS) is 18.1. The maximum absolute atomic E-state index is 13.7. The zero-order valence-electron chi connectivity index (χ0n) is 13.4. The molecule has 24 heavy (non-hydrogen) atoms. The van der Waals surface area contributed by atoms with Crippen LogP contribution in [-0.2, 0) is 4.79 Å². The minimum absolute atomic E-state index is 0.00554. The Balaban J connectivity index is 1.70. The van der Waals surface area contributed by atoms with Gasteiger partial charge in [0.2, 0.25) is 5.91 Å². The largest absolute Gasteiger partial charge is 0.488 e. The molecule has 2 N–H and O–H groups in total. The van der Waals surface area contributed by atoms with Gasteiger partial charge in [0, 0.05) is 6.54 Å². The van der Waals surface area contributed by atoms with Crippen LogP contribution in [0, 0.1) is 11.7 Å². The second kappa shape index (κ2) is 7.93. The van der Waals surface area contributed by atoms with Crippen molar-refractivity contribution >= 4 is 5.91 Å². The van der Waals surface area contributed by atoms with E-state index in [0.29, 0.717) is 6.54 Å². The Morgan fingerprint density at radius 3 is 2.67 bits per heavy atom. The molecule has 1 fully saturated rings. The predicted octanol–water partition coefficient (Wildman–Crippen LogP) is 2.67. The highest BCUT2D eigenvalue weighted by Gasteiger charge is 2.25. The van der Waals surface area contributed by atoms with Gasteiger partial charge in [-0.15, -0.1) is 0 Å². The molecular formula is C19H21FN2O2. The Hall–Kier alpha value is -2.40. The van der Waals surface area contributed by atoms with Crippen LogP contribution in [0.5, 0.6) is 5.75 Å². The zero-order chi connectivity index (χ0) is 16.8. The summed E-state index contributed by atoms with van der Waals surface area (Å²) in [6.45, 7) is 1.73. The number of carbonyl (C=O) groups excluding carboxylic acids is 1. The van der Waals surface area contributed by atoms with Gasteiger partial charge >= 0.3 is 0 Å². The molecule has 3 rings (SSSR count). The van der Waals surface area contributed by atoms with Crippen LogP contribution in [-0.4, -0.2) is 25.6 Å². The number of hydrogen-bond acceptors (Lipinski definition) is 3. The molecule has 0 aromatic heterocycles. The van der Waals surface area contributed by atoms with E-state index >= 15 is 0 Å². The number of hydrogen-bond donors (Lipinski definition) is 2. The molecule has 0 bridgehead atoms. The van der Waals surface area contributed by atoms with Gasteiger partial charge in [0.05, 0.1) is 12.0 Å². The second-order valence-corrected chi connectivity index (χ2v) is 5.90. The van der Waals surface area contributed by atoms with Crippen molar-refractivity contribution in [1.29, 1.82) is 0 Å². The minimum Gasteiger partial charge on any atom is -0.488 e. The first-order valence-electron chi connectivity index (χ1n) is 8.17. The highest BCUT2D eigenvalue weighted by Crippen LogP contribution is 2.20. The van der Waals surface area contributed by atoms with Gasteiger partial charge in [-0.05, 0) is 30.7 Å². The van der Waals surface area contributed by atoms with Gasteiger partial charge in [-0.2, -0.15) is 0 Å². The van der Waals surface area contributed by atoms with Gasteiger partial charge in [-0.3, -0.25) is 4.79 Å². The molecule has 1 aliphatic heterocycles. The van der Waals surface area contributed by atoms with Crippen molar-refractivity contribution < 1.29 is 13.9 Å². The first-order valence-corrected chi connectivity index (χ1v) is 8.17. The molecule has 2 aromatic rings. The lowest BCUT2D eigenvalue weighted by Gasteiger charge is -2.21. The van der Waals surface area contributed by atoms with E-state index in [9.17, 15) is 9.18 Å². The number of para-hydroxylation sites is 1. The van der Waals surface area contributed by atoms with E-state index in [0.717, 1.165) is 18.5 Å². The minimum atomic E-state index is -0.407. The monoisotopic (exact) mass is 328 g/mol. The highest BCUT2D eigenvalue weighted by molar-refractivity contribution is 5.79. The number of amides is 1. The Morgan fingerprint density at radius 1 is 1.21 bits per heavy atom. The lowest BCUT2D eigenvalue weighted by Crippen LogP contribution is -2.37. The summed E-state index contributed by atoms with van der Waals surface area (Å²) < 4.78 is 19.3. The molecule has 1 aliphatic rings. The fourth-order valence-electron chi connectivity index (χ4n) is 2.81. The Labute approximate surface area is 141 Å². The molecule has 0 spiro atoms. The topological polar surface area (TPSA) is 50.4 Å². The van der Waals surface area contributed by atoms with Crippen LogP contribution in [0.2, 0.25) is 0 Å². The van der Waals surface area contributed by atoms with E-state index in [1.54, 1.807) is 18.2 Å². The molecule has 1 heterocycles. The zero-order valence-corrected chi connectivity index (χ0v) is 13.4. The third-order valence-electron chi connectivity index (χ3n) is 4.19. The molecule has 126 valence electrons. The number of halogens is 1. The van der Waals surface area contributed by atoms with Gasteiger partial charge in [0.1, 0.15) is 6.61 Å². The summed E-state index contributed by atoms with van der Waals surface area (Å²) in [7, 11) is 0. The van der Waals surface area contributed by atoms with Crippen LogP contribution in [0.1, 0.15) is 18.0 Å². The first-order chi connectivity index (χ1) is 11.7. The molecule has 2 aromatic carbocycles. The fourth-order valence-corrected chi connectivity index (χ4v) is 2.81. The van der Waals surface area contributed by atoms with Gasteiger partial charge < -0.3 is 15.4 Å². The quantitative estimate of drug-likeness (QED) is 0.857. The first kappa shape index (κ1) is 16.5. The average molecular weight is 328 g/mol. The SMILES string of the molecule is O=C(N[C@H](COc1ccccc1F)c1ccccc1)[C@H]1CCNC1. The van der Waals surface area contributed by atoms with E-state index in [2.05, 4.69) is 10.6 Å². The summed E-state index contributed by atoms with van der Waals surface area (Å²) in [6.07, 6.45) is 0.835. The fraction of sp³-hybridized carbons (Fsp3) is 0.316. The third-order valence-corrected chi connectivity index (χ3v) is 4.19. The standard InChI is InChI=1S/C19H21FN2O2/c20-16-8-4-5-9-18(16)24-13-17(14-6-2-1-3-7-14)22-19(23)15-10-11-21-12-15/h1-9,15,17,21H,10-13H2,(H,22,23)/t15-,17+/m0/s1. The lowest BCUT2D eigenvalue weighted by atomic mass is 10.0. The number of nitrogens with one attached hydrogen (secondary N) is 2. The summed E-state index contributed by atoms with van der Waals surface area (Å²) >= 11 is 0. The molecule has 2 atom stereocenters. The van der Waals surface area contributed by atoms with Crippen LogP contribution < -0.4 is 15.4 Å². The van der Waals surface area contributed by atoms with Crippen molar-refractivity contribution in [2.75, 3.05) is 19.7 Å². The number of benzene rings is 2. The molecule has 0 radical (unpaired) electrons. The molecule has 5 heteroatoms. The summed E-state index contributed by atoms with van der Waals surface area (Å²) in [5, 5.41) is 6.23. The van der Waals surface area contributed by atoms with Crippen molar-refractivity contribution in [2.24, 2.45) is 5.92 Å². The second-order valence-electron chi connectivity index (χ2n) is 5.90. The third kappa shape index (κ3) is 4.11. The van der Waals surface area contributed by atoms with Crippen LogP contribution in [0.15, 0.2) is 54.6 Å². The average Bonchev–Trinajstić information content (AvgIpc) is 3.15. The van der Waals surface area contributed by atoms with Crippen molar-refractivity contribution in [1.82, 2.24) is 10.6 Å². The van der Waals surface area contributed by atoms with Crippen molar-refractivity contribution in [3.63, 3.8) is 0 Å². The van der Waals surface area contributed by atoms with E-state index in [1.807, 2.05) is 30.3 Å². The molecule has 4 nitrogen and oxygen atoms in total. The molecular weight excluding hydrogens is 307 g/mol. The number of ether oxygens (including phenoxy) is 1. The summed E-state index contributed by atoms with van der Waals surface area (Å²) in [4.78, 5) is 12.4. The smallest absolute Gasteiger partial charge is 0.225 e. The number of rotatable bonds is 6. The molecule has 1 amide bonds. The summed E-state index contributed by atoms with van der Waals surface area (Å²) in [5.74, 6) is -0.235. The molecule has 0 unspecified atom stereocenters. The van der Waals surface area contributed by atoms with Crippen LogP contribution in [0.4, 0.5) is 4.39 Å². The maximum Gasteiger partial charge on any atom is 0.225 e. The van der Waals surface area contributed by atoms with Gasteiger partial charge in [-0.1, -0.05) is 42.5 Å². The lowest BCUT2D eigenvalue weighted by molar-refractivity contribution is -0.125. The van der Waals surface area contributed by atoms with E-state index in [4.69, 9.17) is 4.74 Å². The van der Waals surface area contributed by atoms with Gasteiger partial charge in [0.15, 0.2) is 11.6 Å². The van der Waals surface area contributed by atoms with Crippen molar-refractivity contribution in [3.8, 4) is 5.75 Å². The van der Waals surface area contributed by atoms with Crippen LogP contribution in [0.25, 0.3) is 0 Å². The van der Waals surface area contributed by atoms with E-state index < -0.39 is 5.82 Å². The van der Waals surface area contributed by atoms with E-state index in [-0.39, 0.29) is 30.2 Å². The molecule has 0 aliphatic carbocycles. The Bertz CT molecular complexity index is 672. The Kier molecular flexibility index (Phi) is 5.43. The predicted molar refractivity (Wildman–Crippen MR) is 90.2 cm³/mol. The van der Waals surface area contributed by atoms with Gasteiger partial charge in [-0.25, -0.2) is 4.39 Å².